The van der Waals surface area contributed by atoms with Crippen molar-refractivity contribution in [2.45, 2.75) is 13.8 Å². The number of aromatic nitrogens is 2. The van der Waals surface area contributed by atoms with E-state index in [4.69, 9.17) is 0 Å². The lowest BCUT2D eigenvalue weighted by Gasteiger charge is -1.97. The van der Waals surface area contributed by atoms with Crippen LogP contribution in [-0.2, 0) is 0 Å². The molecule has 15 heavy (non-hydrogen) atoms. The minimum Gasteiger partial charge on any atom is -0.293 e. The topological polar surface area (TPSA) is 42.9 Å². The van der Waals surface area contributed by atoms with Crippen LogP contribution in [-0.4, -0.2) is 15.8 Å². The highest BCUT2D eigenvalue weighted by molar-refractivity contribution is 7.15. The zero-order chi connectivity index (χ0) is 10.8. The number of hydrogen-bond acceptors (Lipinski definition) is 4. The number of rotatable bonds is 2. The van der Waals surface area contributed by atoms with E-state index in [0.29, 0.717) is 5.69 Å². The van der Waals surface area contributed by atoms with Gasteiger partial charge in [0, 0.05) is 19.3 Å². The largest absolute Gasteiger partial charge is 0.293 e. The molecule has 0 radical (unpaired) electrons. The molecule has 2 rings (SSSR count). The smallest absolute Gasteiger partial charge is 0.179 e. The average molecular weight is 218 g/mol. The van der Waals surface area contributed by atoms with Gasteiger partial charge in [0.05, 0.1) is 9.88 Å². The SMILES string of the molecule is CC(=O)c1nc(C)sc1-c1ccncc1. The summed E-state index contributed by atoms with van der Waals surface area (Å²) in [5, 5.41) is 0.909. The number of Topliss-reactive ketones (excluding diaryl/α,β-unsaturated/α-hetero) is 1. The van der Waals surface area contributed by atoms with Gasteiger partial charge in [0.15, 0.2) is 5.78 Å². The quantitative estimate of drug-likeness (QED) is 0.728. The van der Waals surface area contributed by atoms with Crippen LogP contribution in [0.15, 0.2) is 24.5 Å². The molecule has 2 aromatic heterocycles. The van der Waals surface area contributed by atoms with E-state index in [-0.39, 0.29) is 5.78 Å². The Labute approximate surface area is 91.8 Å². The Bertz CT molecular complexity index is 491. The van der Waals surface area contributed by atoms with Crippen LogP contribution in [0.2, 0.25) is 0 Å². The third-order valence-corrected chi connectivity index (χ3v) is 3.03. The standard InChI is InChI=1S/C11H10N2OS/c1-7(14)10-11(15-8(2)13-10)9-3-5-12-6-4-9/h3-6H,1-2H3. The van der Waals surface area contributed by atoms with Crippen LogP contribution in [0.25, 0.3) is 10.4 Å². The van der Waals surface area contributed by atoms with Gasteiger partial charge in [0.2, 0.25) is 0 Å². The predicted octanol–water partition coefficient (Wildman–Crippen LogP) is 2.72. The number of aryl methyl sites for hydroxylation is 1. The molecule has 0 spiro atoms. The van der Waals surface area contributed by atoms with Crippen molar-refractivity contribution in [3.8, 4) is 10.4 Å². The number of nitrogens with zero attached hydrogens (tertiary/aromatic N) is 2. The van der Waals surface area contributed by atoms with Crippen LogP contribution in [0.1, 0.15) is 22.4 Å². The monoisotopic (exact) mass is 218 g/mol. The van der Waals surface area contributed by atoms with Crippen LogP contribution in [0.5, 0.6) is 0 Å². The molecule has 2 aromatic rings. The molecule has 0 aromatic carbocycles. The molecule has 0 saturated carbocycles. The van der Waals surface area contributed by atoms with E-state index in [0.717, 1.165) is 15.4 Å². The summed E-state index contributed by atoms with van der Waals surface area (Å²) in [5.74, 6) is 0.00571. The molecule has 0 atom stereocenters. The molecule has 0 aliphatic carbocycles. The van der Waals surface area contributed by atoms with E-state index in [1.54, 1.807) is 19.3 Å². The fourth-order valence-corrected chi connectivity index (χ4v) is 2.34. The Morgan fingerprint density at radius 1 is 1.33 bits per heavy atom. The molecular weight excluding hydrogens is 208 g/mol. The molecule has 0 fully saturated rings. The molecule has 2 heterocycles. The van der Waals surface area contributed by atoms with Gasteiger partial charge in [0.25, 0.3) is 0 Å². The lowest BCUT2D eigenvalue weighted by atomic mass is 10.1. The van der Waals surface area contributed by atoms with Crippen LogP contribution < -0.4 is 0 Å². The molecule has 3 nitrogen and oxygen atoms in total. The summed E-state index contributed by atoms with van der Waals surface area (Å²) >= 11 is 1.54. The maximum absolute atomic E-state index is 11.4. The number of ketones is 1. The molecular formula is C11H10N2OS. The Balaban J connectivity index is 2.58. The first-order chi connectivity index (χ1) is 7.18. The van der Waals surface area contributed by atoms with E-state index in [9.17, 15) is 4.79 Å². The molecule has 0 bridgehead atoms. The van der Waals surface area contributed by atoms with Crippen molar-refractivity contribution in [2.75, 3.05) is 0 Å². The van der Waals surface area contributed by atoms with Gasteiger partial charge in [0.1, 0.15) is 5.69 Å². The molecule has 0 saturated heterocycles. The Hall–Kier alpha value is -1.55. The summed E-state index contributed by atoms with van der Waals surface area (Å²) in [5.41, 5.74) is 1.56. The number of thiazole rings is 1. The minimum atomic E-state index is 0.00571. The van der Waals surface area contributed by atoms with Crippen LogP contribution in [0.4, 0.5) is 0 Å². The predicted molar refractivity (Wildman–Crippen MR) is 60.1 cm³/mol. The van der Waals surface area contributed by atoms with Crippen molar-refractivity contribution >= 4 is 17.1 Å². The van der Waals surface area contributed by atoms with Crippen molar-refractivity contribution in [3.63, 3.8) is 0 Å². The summed E-state index contributed by atoms with van der Waals surface area (Å²) < 4.78 is 0. The number of hydrogen-bond donors (Lipinski definition) is 0. The first-order valence-electron chi connectivity index (χ1n) is 4.57. The molecule has 4 heteroatoms. The fourth-order valence-electron chi connectivity index (χ4n) is 1.36. The fraction of sp³-hybridized carbons (Fsp3) is 0.182. The highest BCUT2D eigenvalue weighted by Crippen LogP contribution is 2.29. The third-order valence-electron chi connectivity index (χ3n) is 2.01. The minimum absolute atomic E-state index is 0.00571. The van der Waals surface area contributed by atoms with Gasteiger partial charge in [-0.05, 0) is 24.6 Å². The van der Waals surface area contributed by atoms with Gasteiger partial charge in [-0.25, -0.2) is 4.98 Å². The number of pyridine rings is 1. The summed E-state index contributed by atoms with van der Waals surface area (Å²) in [6.07, 6.45) is 3.43. The number of carbonyl (C=O) groups excluding carboxylic acids is 1. The van der Waals surface area contributed by atoms with E-state index >= 15 is 0 Å². The van der Waals surface area contributed by atoms with E-state index < -0.39 is 0 Å². The zero-order valence-electron chi connectivity index (χ0n) is 8.52. The van der Waals surface area contributed by atoms with Crippen LogP contribution >= 0.6 is 11.3 Å². The second-order valence-corrected chi connectivity index (χ2v) is 4.41. The third kappa shape index (κ3) is 1.94. The molecule has 76 valence electrons. The molecule has 0 unspecified atom stereocenters. The normalized spacial score (nSPS) is 10.3. The van der Waals surface area contributed by atoms with Gasteiger partial charge < -0.3 is 0 Å². The van der Waals surface area contributed by atoms with Crippen molar-refractivity contribution in [1.82, 2.24) is 9.97 Å². The summed E-state index contributed by atoms with van der Waals surface area (Å²) in [6.45, 7) is 3.45. The van der Waals surface area contributed by atoms with Gasteiger partial charge in [-0.3, -0.25) is 9.78 Å². The average Bonchev–Trinajstić information content (AvgIpc) is 2.62. The molecule has 0 N–H and O–H groups in total. The molecule has 0 aliphatic rings. The van der Waals surface area contributed by atoms with Crippen molar-refractivity contribution in [3.05, 3.63) is 35.2 Å². The molecule has 0 amide bonds. The van der Waals surface area contributed by atoms with Crippen LogP contribution in [0.3, 0.4) is 0 Å². The Kier molecular flexibility index (Phi) is 2.60. The van der Waals surface area contributed by atoms with Crippen molar-refractivity contribution in [1.29, 1.82) is 0 Å². The second kappa shape index (κ2) is 3.90. The van der Waals surface area contributed by atoms with Crippen molar-refractivity contribution in [2.24, 2.45) is 0 Å². The highest BCUT2D eigenvalue weighted by atomic mass is 32.1. The van der Waals surface area contributed by atoms with Crippen LogP contribution in [0, 0.1) is 6.92 Å². The highest BCUT2D eigenvalue weighted by Gasteiger charge is 2.14. The summed E-state index contributed by atoms with van der Waals surface area (Å²) in [7, 11) is 0. The Morgan fingerprint density at radius 3 is 2.60 bits per heavy atom. The summed E-state index contributed by atoms with van der Waals surface area (Å²) in [4.78, 5) is 20.5. The first kappa shape index (κ1) is 9.98. The number of carbonyl (C=O) groups is 1. The maximum atomic E-state index is 11.4. The van der Waals surface area contributed by atoms with Gasteiger partial charge in [-0.15, -0.1) is 11.3 Å². The lowest BCUT2D eigenvalue weighted by Crippen LogP contribution is -1.94. The maximum Gasteiger partial charge on any atom is 0.179 e. The van der Waals surface area contributed by atoms with Gasteiger partial charge in [-0.1, -0.05) is 0 Å². The van der Waals surface area contributed by atoms with E-state index in [1.165, 1.54) is 11.3 Å². The lowest BCUT2D eigenvalue weighted by molar-refractivity contribution is 0.101. The van der Waals surface area contributed by atoms with Crippen molar-refractivity contribution < 1.29 is 4.79 Å². The first-order valence-corrected chi connectivity index (χ1v) is 5.39. The second-order valence-electron chi connectivity index (χ2n) is 3.20. The van der Waals surface area contributed by atoms with E-state index in [2.05, 4.69) is 9.97 Å². The van der Waals surface area contributed by atoms with Gasteiger partial charge in [-0.2, -0.15) is 0 Å². The summed E-state index contributed by atoms with van der Waals surface area (Å²) in [6, 6.07) is 3.78. The Morgan fingerprint density at radius 2 is 2.00 bits per heavy atom. The zero-order valence-corrected chi connectivity index (χ0v) is 9.34. The van der Waals surface area contributed by atoms with Gasteiger partial charge >= 0.3 is 0 Å². The molecule has 0 aliphatic heterocycles. The van der Waals surface area contributed by atoms with E-state index in [1.807, 2.05) is 19.1 Å².